The molecule has 0 amide bonds. The van der Waals surface area contributed by atoms with Crippen molar-refractivity contribution in [2.24, 2.45) is 0 Å². The van der Waals surface area contributed by atoms with Crippen LogP contribution in [0.3, 0.4) is 0 Å². The number of rotatable bonds is 6. The minimum atomic E-state index is -5.08. The first-order chi connectivity index (χ1) is 14.2. The zero-order valence-corrected chi connectivity index (χ0v) is 15.5. The van der Waals surface area contributed by atoms with Gasteiger partial charge in [0.1, 0.15) is 11.6 Å². The number of hydrogen-bond acceptors (Lipinski definition) is 5. The fraction of sp³-hybridized carbons (Fsp3) is 0.200. The van der Waals surface area contributed by atoms with Gasteiger partial charge in [-0.25, -0.2) is 14.0 Å². The smallest absolute Gasteiger partial charge is 0.405 e. The number of alkyl halides is 3. The monoisotopic (exact) mass is 425 g/mol. The summed E-state index contributed by atoms with van der Waals surface area (Å²) in [5, 5.41) is -0.464. The average molecular weight is 425 g/mol. The van der Waals surface area contributed by atoms with Crippen molar-refractivity contribution in [2.45, 2.75) is 12.9 Å². The van der Waals surface area contributed by atoms with Crippen LogP contribution in [0, 0.1) is 5.82 Å². The van der Waals surface area contributed by atoms with E-state index in [0.717, 1.165) is 18.3 Å². The Bertz CT molecular complexity index is 1080. The third kappa shape index (κ3) is 4.60. The summed E-state index contributed by atoms with van der Waals surface area (Å²) in [6.45, 7) is 0.115. The van der Waals surface area contributed by atoms with E-state index < -0.39 is 40.8 Å². The molecule has 3 aromatic rings. The predicted octanol–water partition coefficient (Wildman–Crippen LogP) is 4.32. The molecule has 30 heavy (non-hydrogen) atoms. The molecule has 0 unspecified atom stereocenters. The number of hydrogen-bond donors (Lipinski definition) is 0. The minimum Gasteiger partial charge on any atom is -0.405 e. The average Bonchev–Trinajstić information content (AvgIpc) is 3.09. The summed E-state index contributed by atoms with van der Waals surface area (Å²) >= 11 is 0. The number of halogens is 4. The Hall–Kier alpha value is -3.40. The molecule has 0 bridgehead atoms. The van der Waals surface area contributed by atoms with Crippen LogP contribution in [0.15, 0.2) is 48.7 Å². The van der Waals surface area contributed by atoms with E-state index >= 15 is 0 Å². The van der Waals surface area contributed by atoms with Gasteiger partial charge in [0.15, 0.2) is 0 Å². The van der Waals surface area contributed by atoms with Crippen molar-refractivity contribution in [1.82, 2.24) is 4.57 Å². The first kappa shape index (κ1) is 21.3. The van der Waals surface area contributed by atoms with Gasteiger partial charge in [0.2, 0.25) is 0 Å². The van der Waals surface area contributed by atoms with Crippen molar-refractivity contribution >= 4 is 22.8 Å². The number of ether oxygens (including phenoxy) is 3. The van der Waals surface area contributed by atoms with Gasteiger partial charge < -0.3 is 18.8 Å². The molecule has 6 nitrogen and oxygen atoms in total. The fourth-order valence-corrected chi connectivity index (χ4v) is 2.88. The summed E-state index contributed by atoms with van der Waals surface area (Å²) in [4.78, 5) is 24.8. The second kappa shape index (κ2) is 8.54. The molecule has 0 atom stereocenters. The van der Waals surface area contributed by atoms with Crippen LogP contribution in [0.2, 0.25) is 0 Å². The van der Waals surface area contributed by atoms with Crippen LogP contribution >= 0.6 is 0 Å². The van der Waals surface area contributed by atoms with Gasteiger partial charge in [0.25, 0.3) is 0 Å². The largest absolute Gasteiger partial charge is 0.573 e. The van der Waals surface area contributed by atoms with Crippen molar-refractivity contribution in [3.05, 3.63) is 65.6 Å². The van der Waals surface area contributed by atoms with Gasteiger partial charge in [-0.3, -0.25) is 0 Å². The number of esters is 2. The molecule has 0 saturated carbocycles. The zero-order chi connectivity index (χ0) is 21.9. The molecular weight excluding hydrogens is 410 g/mol. The van der Waals surface area contributed by atoms with Crippen LogP contribution in [-0.2, 0) is 16.0 Å². The highest BCUT2D eigenvalue weighted by Crippen LogP contribution is 2.36. The predicted molar refractivity (Wildman–Crippen MR) is 96.6 cm³/mol. The van der Waals surface area contributed by atoms with Gasteiger partial charge in [-0.2, -0.15) is 0 Å². The highest BCUT2D eigenvalue weighted by molar-refractivity contribution is 6.11. The van der Waals surface area contributed by atoms with E-state index in [1.807, 2.05) is 0 Å². The van der Waals surface area contributed by atoms with Crippen LogP contribution in [0.25, 0.3) is 10.9 Å². The van der Waals surface area contributed by atoms with Gasteiger partial charge in [-0.1, -0.05) is 18.2 Å². The lowest BCUT2D eigenvalue weighted by molar-refractivity contribution is -0.274. The van der Waals surface area contributed by atoms with Crippen molar-refractivity contribution in [1.29, 1.82) is 0 Å². The number of nitrogens with zero attached hydrogens (tertiary/aromatic N) is 1. The number of fused-ring (bicyclic) bond motifs is 1. The molecule has 1 heterocycles. The maximum absolute atomic E-state index is 14.5. The van der Waals surface area contributed by atoms with E-state index in [2.05, 4.69) is 4.74 Å². The normalized spacial score (nSPS) is 11.5. The summed E-state index contributed by atoms with van der Waals surface area (Å²) in [7, 11) is 1.38. The maximum Gasteiger partial charge on any atom is 0.573 e. The zero-order valence-electron chi connectivity index (χ0n) is 15.5. The van der Waals surface area contributed by atoms with Crippen LogP contribution in [0.1, 0.15) is 20.7 Å². The van der Waals surface area contributed by atoms with Crippen LogP contribution in [0.5, 0.6) is 5.75 Å². The SMILES string of the molecule is COCCn1cc(C(=O)OC(=O)c2ccccc2)c2c(OC(F)(F)F)ccc(F)c21. The Morgan fingerprint density at radius 3 is 2.37 bits per heavy atom. The Morgan fingerprint density at radius 2 is 1.73 bits per heavy atom. The quantitative estimate of drug-likeness (QED) is 0.334. The number of aromatic nitrogens is 1. The Morgan fingerprint density at radius 1 is 1.03 bits per heavy atom. The first-order valence-corrected chi connectivity index (χ1v) is 8.59. The fourth-order valence-electron chi connectivity index (χ4n) is 2.88. The molecule has 158 valence electrons. The van der Waals surface area contributed by atoms with E-state index in [4.69, 9.17) is 9.47 Å². The van der Waals surface area contributed by atoms with Crippen molar-refractivity contribution in [3.8, 4) is 5.75 Å². The van der Waals surface area contributed by atoms with Crippen LogP contribution in [0.4, 0.5) is 17.6 Å². The van der Waals surface area contributed by atoms with Crippen molar-refractivity contribution in [3.63, 3.8) is 0 Å². The first-order valence-electron chi connectivity index (χ1n) is 8.59. The minimum absolute atomic E-state index is 0.0271. The Balaban J connectivity index is 2.08. The summed E-state index contributed by atoms with van der Waals surface area (Å²) in [6, 6.07) is 9.07. The molecule has 1 aromatic heterocycles. The second-order valence-corrected chi connectivity index (χ2v) is 6.09. The third-order valence-electron chi connectivity index (χ3n) is 4.11. The highest BCUT2D eigenvalue weighted by Gasteiger charge is 2.34. The van der Waals surface area contributed by atoms with Gasteiger partial charge >= 0.3 is 18.3 Å². The second-order valence-electron chi connectivity index (χ2n) is 6.09. The molecule has 10 heteroatoms. The molecule has 0 N–H and O–H groups in total. The molecule has 3 rings (SSSR count). The summed E-state index contributed by atoms with van der Waals surface area (Å²) in [5.41, 5.74) is -0.705. The molecule has 0 saturated heterocycles. The topological polar surface area (TPSA) is 66.8 Å². The molecule has 0 aliphatic carbocycles. The molecule has 2 aromatic carbocycles. The number of benzene rings is 2. The number of methoxy groups -OCH3 is 1. The molecule has 0 spiro atoms. The third-order valence-corrected chi connectivity index (χ3v) is 4.11. The molecular formula is C20H15F4NO5. The summed E-state index contributed by atoms with van der Waals surface area (Å²) < 4.78 is 67.8. The lowest BCUT2D eigenvalue weighted by atomic mass is 10.1. The standard InChI is InChI=1S/C20H15F4NO5/c1-28-10-9-25-11-13(19(27)29-18(26)12-5-3-2-4-6-12)16-15(30-20(22,23)24)8-7-14(21)17(16)25/h2-8,11H,9-10H2,1H3. The van der Waals surface area contributed by atoms with E-state index in [1.54, 1.807) is 18.2 Å². The van der Waals surface area contributed by atoms with Crippen molar-refractivity contribution < 1.29 is 41.4 Å². The molecule has 0 aliphatic heterocycles. The Labute approximate surface area is 167 Å². The van der Waals surface area contributed by atoms with E-state index in [9.17, 15) is 27.2 Å². The number of carbonyl (C=O) groups is 2. The highest BCUT2D eigenvalue weighted by atomic mass is 19.4. The van der Waals surface area contributed by atoms with Gasteiger partial charge in [-0.15, -0.1) is 13.2 Å². The van der Waals surface area contributed by atoms with Crippen LogP contribution < -0.4 is 4.74 Å². The maximum atomic E-state index is 14.5. The number of carbonyl (C=O) groups excluding carboxylic acids is 2. The summed E-state index contributed by atoms with van der Waals surface area (Å²) in [5.74, 6) is -3.94. The van der Waals surface area contributed by atoms with E-state index in [0.29, 0.717) is 0 Å². The summed E-state index contributed by atoms with van der Waals surface area (Å²) in [6.07, 6.45) is -3.99. The molecule has 0 aliphatic rings. The molecule has 0 fully saturated rings. The van der Waals surface area contributed by atoms with E-state index in [1.165, 1.54) is 23.8 Å². The van der Waals surface area contributed by atoms with Gasteiger partial charge in [0.05, 0.1) is 28.6 Å². The van der Waals surface area contributed by atoms with E-state index in [-0.39, 0.29) is 24.2 Å². The van der Waals surface area contributed by atoms with Crippen LogP contribution in [-0.4, -0.2) is 36.6 Å². The van der Waals surface area contributed by atoms with Gasteiger partial charge in [0, 0.05) is 19.9 Å². The lowest BCUT2D eigenvalue weighted by Crippen LogP contribution is -2.18. The Kier molecular flexibility index (Phi) is 6.06. The van der Waals surface area contributed by atoms with Gasteiger partial charge in [-0.05, 0) is 24.3 Å². The van der Waals surface area contributed by atoms with Crippen molar-refractivity contribution in [2.75, 3.05) is 13.7 Å². The lowest BCUT2D eigenvalue weighted by Gasteiger charge is -2.12. The molecule has 0 radical (unpaired) electrons.